The number of para-hydroxylation sites is 1. The zero-order chi connectivity index (χ0) is 13.1. The van der Waals surface area contributed by atoms with Crippen molar-refractivity contribution in [2.75, 3.05) is 5.32 Å². The molecule has 2 rings (SSSR count). The second-order valence-electron chi connectivity index (χ2n) is 3.50. The molecule has 0 aliphatic rings. The lowest BCUT2D eigenvalue weighted by atomic mass is 10.1. The average Bonchev–Trinajstić information content (AvgIpc) is 2.76. The van der Waals surface area contributed by atoms with Gasteiger partial charge in [-0.25, -0.2) is 0 Å². The number of carbonyl (C=O) groups excluding carboxylic acids is 1. The van der Waals surface area contributed by atoms with Crippen LogP contribution in [0.1, 0.15) is 15.9 Å². The number of benzene rings is 1. The van der Waals surface area contributed by atoms with Gasteiger partial charge in [0.1, 0.15) is 4.99 Å². The summed E-state index contributed by atoms with van der Waals surface area (Å²) in [5.41, 5.74) is 7.56. The van der Waals surface area contributed by atoms with E-state index in [1.54, 1.807) is 12.1 Å². The number of carbonyl (C=O) groups is 1. The van der Waals surface area contributed by atoms with Gasteiger partial charge in [-0.3, -0.25) is 4.79 Å². The van der Waals surface area contributed by atoms with Gasteiger partial charge in [0.25, 0.3) is 5.91 Å². The monoisotopic (exact) mass is 388 g/mol. The molecule has 1 heterocycles. The van der Waals surface area contributed by atoms with Crippen LogP contribution in [0.15, 0.2) is 35.7 Å². The van der Waals surface area contributed by atoms with E-state index in [-0.39, 0.29) is 10.9 Å². The highest BCUT2D eigenvalue weighted by Crippen LogP contribution is 2.20. The molecule has 92 valence electrons. The molecule has 0 aliphatic carbocycles. The summed E-state index contributed by atoms with van der Waals surface area (Å²) >= 11 is 8.66. The van der Waals surface area contributed by atoms with E-state index in [4.69, 9.17) is 18.0 Å². The molecule has 0 fully saturated rings. The van der Waals surface area contributed by atoms with Gasteiger partial charge in [0.2, 0.25) is 0 Å². The number of thiophene rings is 1. The third-order valence-corrected chi connectivity index (χ3v) is 4.28. The minimum Gasteiger partial charge on any atom is -0.389 e. The Morgan fingerprint density at radius 3 is 2.72 bits per heavy atom. The molecule has 1 aromatic heterocycles. The smallest absolute Gasteiger partial charge is 0.256 e. The van der Waals surface area contributed by atoms with E-state index < -0.39 is 0 Å². The lowest BCUT2D eigenvalue weighted by Gasteiger charge is -2.08. The third-order valence-electron chi connectivity index (χ3n) is 2.27. The Morgan fingerprint density at radius 2 is 2.11 bits per heavy atom. The molecule has 0 saturated heterocycles. The molecule has 1 amide bonds. The summed E-state index contributed by atoms with van der Waals surface area (Å²) in [7, 11) is 0. The highest BCUT2D eigenvalue weighted by molar-refractivity contribution is 14.1. The molecule has 3 nitrogen and oxygen atoms in total. The summed E-state index contributed by atoms with van der Waals surface area (Å²) in [4.78, 5) is 12.3. The normalized spacial score (nSPS) is 10.1. The van der Waals surface area contributed by atoms with Crippen LogP contribution in [0.4, 0.5) is 5.69 Å². The van der Waals surface area contributed by atoms with Gasteiger partial charge in [0.15, 0.2) is 0 Å². The van der Waals surface area contributed by atoms with E-state index in [1.807, 2.05) is 23.6 Å². The number of anilines is 1. The number of amides is 1. The molecule has 0 bridgehead atoms. The van der Waals surface area contributed by atoms with Gasteiger partial charge in [-0.15, -0.1) is 11.3 Å². The van der Waals surface area contributed by atoms with Crippen molar-refractivity contribution in [1.82, 2.24) is 0 Å². The predicted octanol–water partition coefficient (Wildman–Crippen LogP) is 3.24. The Morgan fingerprint density at radius 1 is 1.39 bits per heavy atom. The SMILES string of the molecule is NC(=S)c1ccccc1NC(=O)c1csc(I)c1. The molecule has 2 aromatic rings. The maximum Gasteiger partial charge on any atom is 0.256 e. The van der Waals surface area contributed by atoms with Crippen molar-refractivity contribution in [2.24, 2.45) is 5.73 Å². The van der Waals surface area contributed by atoms with Gasteiger partial charge in [-0.2, -0.15) is 0 Å². The van der Waals surface area contributed by atoms with Crippen molar-refractivity contribution < 1.29 is 4.79 Å². The van der Waals surface area contributed by atoms with Gasteiger partial charge in [-0.05, 0) is 40.8 Å². The van der Waals surface area contributed by atoms with Crippen LogP contribution < -0.4 is 11.1 Å². The van der Waals surface area contributed by atoms with Crippen LogP contribution in [-0.4, -0.2) is 10.9 Å². The zero-order valence-electron chi connectivity index (χ0n) is 9.14. The van der Waals surface area contributed by atoms with E-state index in [0.29, 0.717) is 16.8 Å². The third kappa shape index (κ3) is 3.06. The quantitative estimate of drug-likeness (QED) is 0.627. The largest absolute Gasteiger partial charge is 0.389 e. The van der Waals surface area contributed by atoms with Crippen molar-refractivity contribution in [1.29, 1.82) is 0 Å². The van der Waals surface area contributed by atoms with Gasteiger partial charge in [-0.1, -0.05) is 24.4 Å². The first-order valence-corrected chi connectivity index (χ1v) is 7.39. The second kappa shape index (κ2) is 5.77. The number of halogens is 1. The van der Waals surface area contributed by atoms with Gasteiger partial charge < -0.3 is 11.1 Å². The summed E-state index contributed by atoms with van der Waals surface area (Å²) in [6.45, 7) is 0. The van der Waals surface area contributed by atoms with E-state index in [1.165, 1.54) is 11.3 Å². The average molecular weight is 388 g/mol. The maximum absolute atomic E-state index is 12.0. The van der Waals surface area contributed by atoms with Gasteiger partial charge in [0.05, 0.1) is 14.1 Å². The first-order valence-electron chi connectivity index (χ1n) is 5.02. The minimum absolute atomic E-state index is 0.155. The highest BCUT2D eigenvalue weighted by Gasteiger charge is 2.11. The summed E-state index contributed by atoms with van der Waals surface area (Å²) in [6.07, 6.45) is 0. The molecule has 0 radical (unpaired) electrons. The maximum atomic E-state index is 12.0. The Balaban J connectivity index is 2.24. The zero-order valence-corrected chi connectivity index (χ0v) is 12.9. The van der Waals surface area contributed by atoms with Crippen molar-refractivity contribution in [3.63, 3.8) is 0 Å². The Hall–Kier alpha value is -0.990. The first-order chi connectivity index (χ1) is 8.58. The number of rotatable bonds is 3. The highest BCUT2D eigenvalue weighted by atomic mass is 127. The van der Waals surface area contributed by atoms with Crippen LogP contribution >= 0.6 is 46.1 Å². The first kappa shape index (κ1) is 13.4. The molecule has 0 unspecified atom stereocenters. The topological polar surface area (TPSA) is 55.1 Å². The van der Waals surface area contributed by atoms with Crippen molar-refractivity contribution >= 4 is 62.7 Å². The van der Waals surface area contributed by atoms with E-state index in [9.17, 15) is 4.79 Å². The second-order valence-corrected chi connectivity index (χ2v) is 6.75. The summed E-state index contributed by atoms with van der Waals surface area (Å²) < 4.78 is 1.07. The molecule has 0 spiro atoms. The number of thiocarbonyl (C=S) groups is 1. The van der Waals surface area contributed by atoms with Crippen LogP contribution in [0.25, 0.3) is 0 Å². The van der Waals surface area contributed by atoms with Crippen molar-refractivity contribution in [2.45, 2.75) is 0 Å². The van der Waals surface area contributed by atoms with E-state index in [2.05, 4.69) is 27.9 Å². The summed E-state index contributed by atoms with van der Waals surface area (Å²) in [6, 6.07) is 9.06. The van der Waals surface area contributed by atoms with Crippen molar-refractivity contribution in [3.05, 3.63) is 49.7 Å². The van der Waals surface area contributed by atoms with Crippen molar-refractivity contribution in [3.8, 4) is 0 Å². The van der Waals surface area contributed by atoms with Crippen LogP contribution in [0.5, 0.6) is 0 Å². The fourth-order valence-electron chi connectivity index (χ4n) is 1.43. The molecule has 0 saturated carbocycles. The number of nitrogens with two attached hydrogens (primary N) is 1. The summed E-state index contributed by atoms with van der Waals surface area (Å²) in [5, 5.41) is 4.64. The molecule has 18 heavy (non-hydrogen) atoms. The van der Waals surface area contributed by atoms with Crippen LogP contribution in [0.3, 0.4) is 0 Å². The van der Waals surface area contributed by atoms with Crippen LogP contribution in [-0.2, 0) is 0 Å². The van der Waals surface area contributed by atoms with Gasteiger partial charge >= 0.3 is 0 Å². The minimum atomic E-state index is -0.155. The Bertz CT molecular complexity index is 610. The Labute approximate surface area is 128 Å². The van der Waals surface area contributed by atoms with Crippen LogP contribution in [0, 0.1) is 2.88 Å². The molecule has 6 heteroatoms. The number of hydrogen-bond donors (Lipinski definition) is 2. The van der Waals surface area contributed by atoms with E-state index >= 15 is 0 Å². The summed E-state index contributed by atoms with van der Waals surface area (Å²) in [5.74, 6) is -0.155. The number of hydrogen-bond acceptors (Lipinski definition) is 3. The molecule has 3 N–H and O–H groups in total. The fraction of sp³-hybridized carbons (Fsp3) is 0. The fourth-order valence-corrected chi connectivity index (χ4v) is 2.94. The molecule has 1 aromatic carbocycles. The standard InChI is InChI=1S/C12H9IN2OS2/c13-10-5-7(6-18-10)12(16)15-9-4-2-1-3-8(9)11(14)17/h1-6H,(H2,14,17)(H,15,16). The van der Waals surface area contributed by atoms with E-state index in [0.717, 1.165) is 2.88 Å². The lowest BCUT2D eigenvalue weighted by Crippen LogP contribution is -2.17. The lowest BCUT2D eigenvalue weighted by molar-refractivity contribution is 0.102. The van der Waals surface area contributed by atoms with Gasteiger partial charge in [0, 0.05) is 10.9 Å². The van der Waals surface area contributed by atoms with Crippen LogP contribution in [0.2, 0.25) is 0 Å². The molecule has 0 atom stereocenters. The molecular formula is C12H9IN2OS2. The Kier molecular flexibility index (Phi) is 4.31. The molecular weight excluding hydrogens is 379 g/mol. The number of nitrogens with one attached hydrogen (secondary N) is 1. The predicted molar refractivity (Wildman–Crippen MR) is 87.3 cm³/mol. The molecule has 0 aliphatic heterocycles.